The van der Waals surface area contributed by atoms with Gasteiger partial charge in [-0.15, -0.1) is 12.4 Å². The summed E-state index contributed by atoms with van der Waals surface area (Å²) in [5, 5.41) is 0.689. The van der Waals surface area contributed by atoms with E-state index in [2.05, 4.69) is 19.9 Å². The van der Waals surface area contributed by atoms with Crippen molar-refractivity contribution in [1.82, 2.24) is 0 Å². The Hall–Kier alpha value is -0.440. The second-order valence-electron chi connectivity index (χ2n) is 4.77. The Morgan fingerprint density at radius 3 is 2.33 bits per heavy atom. The molecule has 18 heavy (non-hydrogen) atoms. The molecule has 1 unspecified atom stereocenters. The first-order valence-electron chi connectivity index (χ1n) is 6.16. The van der Waals surface area contributed by atoms with E-state index in [1.54, 1.807) is 0 Å². The maximum absolute atomic E-state index is 6.28. The van der Waals surface area contributed by atoms with Crippen LogP contribution in [-0.2, 0) is 6.42 Å². The first-order chi connectivity index (χ1) is 7.95. The van der Waals surface area contributed by atoms with Crippen molar-refractivity contribution in [2.45, 2.75) is 46.1 Å². The van der Waals surface area contributed by atoms with Crippen LogP contribution in [0.2, 0.25) is 5.02 Å². The summed E-state index contributed by atoms with van der Waals surface area (Å²) in [5.74, 6) is 1.21. The fourth-order valence-corrected chi connectivity index (χ4v) is 2.19. The summed E-state index contributed by atoms with van der Waals surface area (Å²) < 4.78 is 5.63. The molecule has 0 amide bonds. The molecule has 1 aromatic carbocycles. The van der Waals surface area contributed by atoms with E-state index >= 15 is 0 Å². The van der Waals surface area contributed by atoms with E-state index in [4.69, 9.17) is 22.1 Å². The zero-order valence-corrected chi connectivity index (χ0v) is 13.1. The number of nitrogens with two attached hydrogens (primary N) is 1. The average molecular weight is 292 g/mol. The van der Waals surface area contributed by atoms with Gasteiger partial charge in [-0.25, -0.2) is 0 Å². The SMILES string of the molecule is CCOc1c(Cl)cc(CC(C)N)cc1C(C)C.Cl. The van der Waals surface area contributed by atoms with Crippen LogP contribution in [-0.4, -0.2) is 12.6 Å². The third kappa shape index (κ3) is 4.68. The molecule has 0 heterocycles. The van der Waals surface area contributed by atoms with Crippen molar-refractivity contribution in [2.75, 3.05) is 6.61 Å². The Balaban J connectivity index is 0.00000289. The number of hydrogen-bond donors (Lipinski definition) is 1. The highest BCUT2D eigenvalue weighted by Crippen LogP contribution is 2.35. The van der Waals surface area contributed by atoms with Gasteiger partial charge in [0.05, 0.1) is 11.6 Å². The molecule has 0 aliphatic carbocycles. The third-order valence-corrected chi connectivity index (χ3v) is 2.88. The molecule has 0 fully saturated rings. The molecule has 0 aromatic heterocycles. The molecule has 0 aliphatic rings. The Kier molecular flexibility index (Phi) is 7.69. The van der Waals surface area contributed by atoms with Gasteiger partial charge < -0.3 is 10.5 Å². The average Bonchev–Trinajstić information content (AvgIpc) is 2.20. The van der Waals surface area contributed by atoms with Gasteiger partial charge in [0.2, 0.25) is 0 Å². The lowest BCUT2D eigenvalue weighted by Gasteiger charge is -2.17. The molecule has 0 aliphatic heterocycles. The maximum atomic E-state index is 6.28. The topological polar surface area (TPSA) is 35.2 Å². The largest absolute Gasteiger partial charge is 0.492 e. The number of rotatable bonds is 5. The number of hydrogen-bond acceptors (Lipinski definition) is 2. The van der Waals surface area contributed by atoms with Gasteiger partial charge in [-0.1, -0.05) is 31.5 Å². The first-order valence-corrected chi connectivity index (χ1v) is 6.54. The summed E-state index contributed by atoms with van der Waals surface area (Å²) in [6.07, 6.45) is 0.839. The molecule has 0 spiro atoms. The molecule has 0 saturated heterocycles. The predicted molar refractivity (Wildman–Crippen MR) is 81.3 cm³/mol. The summed E-state index contributed by atoms with van der Waals surface area (Å²) in [6, 6.07) is 4.26. The van der Waals surface area contributed by atoms with E-state index in [9.17, 15) is 0 Å². The third-order valence-electron chi connectivity index (χ3n) is 2.60. The highest BCUT2D eigenvalue weighted by molar-refractivity contribution is 6.32. The van der Waals surface area contributed by atoms with E-state index in [-0.39, 0.29) is 18.4 Å². The van der Waals surface area contributed by atoms with Gasteiger partial charge in [-0.3, -0.25) is 0 Å². The number of ether oxygens (including phenoxy) is 1. The summed E-state index contributed by atoms with van der Waals surface area (Å²) in [6.45, 7) is 8.88. The van der Waals surface area contributed by atoms with Crippen molar-refractivity contribution < 1.29 is 4.74 Å². The van der Waals surface area contributed by atoms with Crippen molar-refractivity contribution in [2.24, 2.45) is 5.73 Å². The lowest BCUT2D eigenvalue weighted by Crippen LogP contribution is -2.18. The molecular weight excluding hydrogens is 269 g/mol. The zero-order chi connectivity index (χ0) is 13.0. The molecule has 0 bridgehead atoms. The van der Waals surface area contributed by atoms with Crippen LogP contribution >= 0.6 is 24.0 Å². The minimum atomic E-state index is 0. The van der Waals surface area contributed by atoms with Gasteiger partial charge in [0, 0.05) is 6.04 Å². The van der Waals surface area contributed by atoms with Gasteiger partial charge in [-0.2, -0.15) is 0 Å². The maximum Gasteiger partial charge on any atom is 0.141 e. The summed E-state index contributed by atoms with van der Waals surface area (Å²) in [5.41, 5.74) is 8.16. The van der Waals surface area contributed by atoms with E-state index in [1.807, 2.05) is 19.9 Å². The van der Waals surface area contributed by atoms with Crippen LogP contribution in [0.3, 0.4) is 0 Å². The van der Waals surface area contributed by atoms with E-state index in [0.717, 1.165) is 17.7 Å². The highest BCUT2D eigenvalue weighted by Gasteiger charge is 2.14. The van der Waals surface area contributed by atoms with Crippen LogP contribution in [0.4, 0.5) is 0 Å². The molecule has 104 valence electrons. The molecule has 1 aromatic rings. The summed E-state index contributed by atoms with van der Waals surface area (Å²) >= 11 is 6.28. The van der Waals surface area contributed by atoms with Crippen molar-refractivity contribution >= 4 is 24.0 Å². The fourth-order valence-electron chi connectivity index (χ4n) is 1.89. The molecule has 2 N–H and O–H groups in total. The Bertz CT molecular complexity index is 378. The van der Waals surface area contributed by atoms with Gasteiger partial charge >= 0.3 is 0 Å². The standard InChI is InChI=1S/C14H22ClNO.ClH/c1-5-17-14-12(9(2)3)7-11(6-10(4)16)8-13(14)15;/h7-10H,5-6,16H2,1-4H3;1H. The van der Waals surface area contributed by atoms with Crippen LogP contribution in [0.1, 0.15) is 44.7 Å². The minimum absolute atomic E-state index is 0. The van der Waals surface area contributed by atoms with Crippen molar-refractivity contribution in [3.05, 3.63) is 28.3 Å². The predicted octanol–water partition coefficient (Wildman–Crippen LogP) is 4.17. The molecular formula is C14H23Cl2NO. The second-order valence-corrected chi connectivity index (χ2v) is 5.17. The van der Waals surface area contributed by atoms with Gasteiger partial charge in [0.15, 0.2) is 0 Å². The van der Waals surface area contributed by atoms with E-state index in [0.29, 0.717) is 17.5 Å². The van der Waals surface area contributed by atoms with Crippen molar-refractivity contribution in [1.29, 1.82) is 0 Å². The van der Waals surface area contributed by atoms with Gasteiger partial charge in [-0.05, 0) is 43.4 Å². The van der Waals surface area contributed by atoms with Crippen LogP contribution < -0.4 is 10.5 Å². The van der Waals surface area contributed by atoms with Crippen molar-refractivity contribution in [3.8, 4) is 5.75 Å². The zero-order valence-electron chi connectivity index (χ0n) is 11.5. The van der Waals surface area contributed by atoms with Crippen LogP contribution in [0, 0.1) is 0 Å². The Labute approximate surface area is 121 Å². The quantitative estimate of drug-likeness (QED) is 0.883. The van der Waals surface area contributed by atoms with E-state index in [1.165, 1.54) is 5.56 Å². The molecule has 0 radical (unpaired) electrons. The minimum Gasteiger partial charge on any atom is -0.492 e. The fraction of sp³-hybridized carbons (Fsp3) is 0.571. The van der Waals surface area contributed by atoms with E-state index < -0.39 is 0 Å². The molecule has 4 heteroatoms. The van der Waals surface area contributed by atoms with Crippen LogP contribution in [0.15, 0.2) is 12.1 Å². The summed E-state index contributed by atoms with van der Waals surface area (Å²) in [4.78, 5) is 0. The Morgan fingerprint density at radius 1 is 1.28 bits per heavy atom. The lowest BCUT2D eigenvalue weighted by molar-refractivity contribution is 0.335. The van der Waals surface area contributed by atoms with Gasteiger partial charge in [0.25, 0.3) is 0 Å². The normalized spacial score (nSPS) is 12.2. The van der Waals surface area contributed by atoms with Gasteiger partial charge in [0.1, 0.15) is 5.75 Å². The van der Waals surface area contributed by atoms with Crippen LogP contribution in [0.5, 0.6) is 5.75 Å². The Morgan fingerprint density at radius 2 is 1.89 bits per heavy atom. The molecule has 1 atom stereocenters. The second kappa shape index (κ2) is 7.88. The number of halogens is 2. The molecule has 2 nitrogen and oxygen atoms in total. The highest BCUT2D eigenvalue weighted by atomic mass is 35.5. The van der Waals surface area contributed by atoms with Crippen molar-refractivity contribution in [3.63, 3.8) is 0 Å². The summed E-state index contributed by atoms with van der Waals surface area (Å²) in [7, 11) is 0. The lowest BCUT2D eigenvalue weighted by atomic mass is 9.97. The number of benzene rings is 1. The molecule has 0 saturated carbocycles. The smallest absolute Gasteiger partial charge is 0.141 e. The first kappa shape index (κ1) is 17.6. The monoisotopic (exact) mass is 291 g/mol. The van der Waals surface area contributed by atoms with Crippen LogP contribution in [0.25, 0.3) is 0 Å². The molecule has 1 rings (SSSR count).